The van der Waals surface area contributed by atoms with Crippen molar-refractivity contribution in [2.45, 2.75) is 32.6 Å². The van der Waals surface area contributed by atoms with Gasteiger partial charge in [0.2, 0.25) is 0 Å². The van der Waals surface area contributed by atoms with Crippen LogP contribution in [0.3, 0.4) is 0 Å². The molecule has 164 valence electrons. The van der Waals surface area contributed by atoms with Gasteiger partial charge >= 0.3 is 5.97 Å². The molecule has 1 N–H and O–H groups in total. The highest BCUT2D eigenvalue weighted by atomic mass is 32.2. The number of allylic oxidation sites excluding steroid dienone is 1. The minimum atomic E-state index is -0.541. The quantitative estimate of drug-likeness (QED) is 0.625. The van der Waals surface area contributed by atoms with E-state index in [-0.39, 0.29) is 5.97 Å². The van der Waals surface area contributed by atoms with Crippen LogP contribution in [-0.4, -0.2) is 32.0 Å². The number of nitrogens with one attached hydrogen (secondary N) is 1. The van der Waals surface area contributed by atoms with Gasteiger partial charge < -0.3 is 19.5 Å². The van der Waals surface area contributed by atoms with Crippen LogP contribution in [0.4, 0.5) is 0 Å². The SMILES string of the molecule is CCOC(=O)C1=C(C)NC(SCc2cccc(C)c2)=N[C@@H]1c1ccc(OC)cc1OC. The Balaban J connectivity index is 1.96. The summed E-state index contributed by atoms with van der Waals surface area (Å²) in [5.74, 6) is 1.66. The molecule has 0 spiro atoms. The van der Waals surface area contributed by atoms with Crippen molar-refractivity contribution in [2.24, 2.45) is 4.99 Å². The van der Waals surface area contributed by atoms with Gasteiger partial charge in [0.25, 0.3) is 0 Å². The molecule has 0 bridgehead atoms. The molecule has 1 atom stereocenters. The van der Waals surface area contributed by atoms with Gasteiger partial charge in [-0.3, -0.25) is 0 Å². The highest BCUT2D eigenvalue weighted by Crippen LogP contribution is 2.39. The number of hydrogen-bond donors (Lipinski definition) is 1. The summed E-state index contributed by atoms with van der Waals surface area (Å²) in [5.41, 5.74) is 4.42. The van der Waals surface area contributed by atoms with Crippen LogP contribution in [0.5, 0.6) is 11.5 Å². The van der Waals surface area contributed by atoms with Crippen molar-refractivity contribution in [1.82, 2.24) is 5.32 Å². The van der Waals surface area contributed by atoms with Crippen molar-refractivity contribution in [1.29, 1.82) is 0 Å². The topological polar surface area (TPSA) is 69.2 Å². The van der Waals surface area contributed by atoms with Gasteiger partial charge in [0.05, 0.1) is 26.4 Å². The highest BCUT2D eigenvalue weighted by molar-refractivity contribution is 8.13. The van der Waals surface area contributed by atoms with Crippen molar-refractivity contribution in [3.8, 4) is 11.5 Å². The normalized spacial score (nSPS) is 15.8. The molecule has 2 aromatic rings. The van der Waals surface area contributed by atoms with Gasteiger partial charge in [-0.1, -0.05) is 41.6 Å². The van der Waals surface area contributed by atoms with Crippen LogP contribution in [0.2, 0.25) is 0 Å². The van der Waals surface area contributed by atoms with Crippen LogP contribution in [0.15, 0.2) is 58.7 Å². The summed E-state index contributed by atoms with van der Waals surface area (Å²) in [7, 11) is 3.20. The van der Waals surface area contributed by atoms with E-state index in [1.807, 2.05) is 19.1 Å². The summed E-state index contributed by atoms with van der Waals surface area (Å²) in [6.45, 7) is 6.03. The maximum Gasteiger partial charge on any atom is 0.338 e. The van der Waals surface area contributed by atoms with E-state index < -0.39 is 6.04 Å². The molecule has 0 aromatic heterocycles. The van der Waals surface area contributed by atoms with Crippen molar-refractivity contribution < 1.29 is 19.0 Å². The molecule has 1 aliphatic heterocycles. The van der Waals surface area contributed by atoms with Gasteiger partial charge in [0, 0.05) is 23.1 Å². The molecule has 2 aromatic carbocycles. The summed E-state index contributed by atoms with van der Waals surface area (Å²) < 4.78 is 16.2. The average molecular weight is 441 g/mol. The van der Waals surface area contributed by atoms with Gasteiger partial charge in [-0.25, -0.2) is 9.79 Å². The van der Waals surface area contributed by atoms with Crippen LogP contribution >= 0.6 is 11.8 Å². The third kappa shape index (κ3) is 5.41. The lowest BCUT2D eigenvalue weighted by Crippen LogP contribution is -2.30. The molecule has 0 radical (unpaired) electrons. The standard InChI is InChI=1S/C24H28N2O4S/c1-6-30-23(27)21-16(3)25-24(31-14-17-9-7-8-15(2)12-17)26-22(21)19-11-10-18(28-4)13-20(19)29-5/h7-13,22H,6,14H2,1-5H3,(H,25,26)/t22-/m1/s1. The van der Waals surface area contributed by atoms with Gasteiger partial charge in [0.1, 0.15) is 17.5 Å². The predicted octanol–water partition coefficient (Wildman–Crippen LogP) is 4.78. The number of ether oxygens (including phenoxy) is 3. The Morgan fingerprint density at radius 3 is 2.61 bits per heavy atom. The Labute approximate surface area is 187 Å². The molecule has 31 heavy (non-hydrogen) atoms. The Bertz CT molecular complexity index is 1020. The van der Waals surface area contributed by atoms with E-state index in [0.29, 0.717) is 23.7 Å². The van der Waals surface area contributed by atoms with E-state index in [4.69, 9.17) is 19.2 Å². The number of methoxy groups -OCH3 is 2. The van der Waals surface area contributed by atoms with Gasteiger partial charge in [0.15, 0.2) is 5.17 Å². The van der Waals surface area contributed by atoms with Gasteiger partial charge in [-0.05, 0) is 38.5 Å². The number of carbonyl (C=O) groups is 1. The predicted molar refractivity (Wildman–Crippen MR) is 125 cm³/mol. The fourth-order valence-corrected chi connectivity index (χ4v) is 4.30. The Kier molecular flexibility index (Phi) is 7.63. The number of carbonyl (C=O) groups excluding carboxylic acids is 1. The van der Waals surface area contributed by atoms with Crippen LogP contribution in [0.1, 0.15) is 36.6 Å². The largest absolute Gasteiger partial charge is 0.497 e. The van der Waals surface area contributed by atoms with Gasteiger partial charge in [-0.2, -0.15) is 0 Å². The minimum absolute atomic E-state index is 0.292. The molecule has 0 amide bonds. The number of hydrogen-bond acceptors (Lipinski definition) is 7. The van der Waals surface area contributed by atoms with E-state index in [0.717, 1.165) is 22.2 Å². The maximum atomic E-state index is 12.8. The molecule has 0 saturated carbocycles. The molecule has 1 aliphatic rings. The zero-order valence-electron chi connectivity index (χ0n) is 18.5. The van der Waals surface area contributed by atoms with Crippen molar-refractivity contribution in [2.75, 3.05) is 20.8 Å². The lowest BCUT2D eigenvalue weighted by atomic mass is 9.95. The van der Waals surface area contributed by atoms with E-state index in [1.54, 1.807) is 39.0 Å². The Morgan fingerprint density at radius 1 is 1.13 bits per heavy atom. The monoisotopic (exact) mass is 440 g/mol. The average Bonchev–Trinajstić information content (AvgIpc) is 2.77. The Morgan fingerprint density at radius 2 is 1.94 bits per heavy atom. The van der Waals surface area contributed by atoms with Gasteiger partial charge in [-0.15, -0.1) is 0 Å². The number of thioether (sulfide) groups is 1. The molecule has 0 fully saturated rings. The number of esters is 1. The molecule has 0 saturated heterocycles. The van der Waals surface area contributed by atoms with Crippen LogP contribution in [0.25, 0.3) is 0 Å². The first-order valence-corrected chi connectivity index (χ1v) is 11.1. The van der Waals surface area contributed by atoms with Crippen LogP contribution in [0, 0.1) is 6.92 Å². The number of aliphatic imine (C=N–C) groups is 1. The molecular formula is C24H28N2O4S. The maximum absolute atomic E-state index is 12.8. The lowest BCUT2D eigenvalue weighted by Gasteiger charge is -2.27. The van der Waals surface area contributed by atoms with Crippen LogP contribution < -0.4 is 14.8 Å². The highest BCUT2D eigenvalue weighted by Gasteiger charge is 2.32. The molecular weight excluding hydrogens is 412 g/mol. The Hall–Kier alpha value is -2.93. The molecule has 1 heterocycles. The zero-order valence-corrected chi connectivity index (χ0v) is 19.3. The molecule has 7 heteroatoms. The van der Waals surface area contributed by atoms with E-state index in [9.17, 15) is 4.79 Å². The third-order valence-electron chi connectivity index (χ3n) is 4.91. The fourth-order valence-electron chi connectivity index (χ4n) is 3.42. The first kappa shape index (κ1) is 22.7. The molecule has 0 aliphatic carbocycles. The summed E-state index contributed by atoms with van der Waals surface area (Å²) in [4.78, 5) is 17.7. The second kappa shape index (κ2) is 10.4. The smallest absolute Gasteiger partial charge is 0.338 e. The van der Waals surface area contributed by atoms with Crippen molar-refractivity contribution in [3.05, 3.63) is 70.4 Å². The first-order chi connectivity index (χ1) is 15.0. The number of amidine groups is 1. The second-order valence-corrected chi connectivity index (χ2v) is 8.07. The van der Waals surface area contributed by atoms with Crippen LogP contribution in [-0.2, 0) is 15.3 Å². The van der Waals surface area contributed by atoms with Crippen molar-refractivity contribution >= 4 is 22.9 Å². The second-order valence-electron chi connectivity index (χ2n) is 7.11. The molecule has 6 nitrogen and oxygen atoms in total. The molecule has 0 unspecified atom stereocenters. The van der Waals surface area contributed by atoms with E-state index in [2.05, 4.69) is 36.5 Å². The van der Waals surface area contributed by atoms with E-state index >= 15 is 0 Å². The minimum Gasteiger partial charge on any atom is -0.497 e. The first-order valence-electron chi connectivity index (χ1n) is 10.1. The van der Waals surface area contributed by atoms with Crippen molar-refractivity contribution in [3.63, 3.8) is 0 Å². The number of aryl methyl sites for hydroxylation is 1. The summed E-state index contributed by atoms with van der Waals surface area (Å²) in [5, 5.41) is 4.02. The molecule has 3 rings (SSSR count). The summed E-state index contributed by atoms with van der Waals surface area (Å²) in [6, 6.07) is 13.4. The number of benzene rings is 2. The summed E-state index contributed by atoms with van der Waals surface area (Å²) >= 11 is 1.60. The van der Waals surface area contributed by atoms with E-state index in [1.165, 1.54) is 11.1 Å². The number of nitrogens with zero attached hydrogens (tertiary/aromatic N) is 1. The fraction of sp³-hybridized carbons (Fsp3) is 0.333. The number of rotatable bonds is 7. The third-order valence-corrected chi connectivity index (χ3v) is 5.87. The lowest BCUT2D eigenvalue weighted by molar-refractivity contribution is -0.138. The zero-order chi connectivity index (χ0) is 22.4. The summed E-state index contributed by atoms with van der Waals surface area (Å²) in [6.07, 6.45) is 0.